The highest BCUT2D eigenvalue weighted by Gasteiger charge is 2.21. The summed E-state index contributed by atoms with van der Waals surface area (Å²) < 4.78 is 5.79. The fourth-order valence-corrected chi connectivity index (χ4v) is 4.09. The maximum Gasteiger partial charge on any atom is 0.193 e. The summed E-state index contributed by atoms with van der Waals surface area (Å²) in [5.74, 6) is 1.41. The van der Waals surface area contributed by atoms with Crippen LogP contribution in [0.25, 0.3) is 0 Å². The van der Waals surface area contributed by atoms with Gasteiger partial charge >= 0.3 is 0 Å². The van der Waals surface area contributed by atoms with Crippen LogP contribution in [0.2, 0.25) is 0 Å². The quantitative estimate of drug-likeness (QED) is 0.523. The monoisotopic (exact) mass is 393 g/mol. The van der Waals surface area contributed by atoms with E-state index in [1.165, 1.54) is 11.1 Å². The van der Waals surface area contributed by atoms with Crippen LogP contribution in [0.5, 0.6) is 0 Å². The van der Waals surface area contributed by atoms with Gasteiger partial charge in [-0.2, -0.15) is 0 Å². The minimum Gasteiger partial charge on any atom is -0.378 e. The lowest BCUT2D eigenvalue weighted by Crippen LogP contribution is -2.47. The molecular formula is C25H35N3O. The summed E-state index contributed by atoms with van der Waals surface area (Å²) in [5, 5.41) is 3.49. The third kappa shape index (κ3) is 6.33. The summed E-state index contributed by atoms with van der Waals surface area (Å²) in [6, 6.07) is 21.6. The summed E-state index contributed by atoms with van der Waals surface area (Å²) in [5.41, 5.74) is 2.72. The van der Waals surface area contributed by atoms with Crippen LogP contribution in [0.15, 0.2) is 65.7 Å². The molecular weight excluding hydrogens is 358 g/mol. The van der Waals surface area contributed by atoms with Crippen LogP contribution in [-0.4, -0.2) is 49.7 Å². The number of ether oxygens (including phenoxy) is 1. The molecule has 29 heavy (non-hydrogen) atoms. The van der Waals surface area contributed by atoms with Crippen LogP contribution < -0.4 is 5.32 Å². The normalized spacial score (nSPS) is 15.7. The van der Waals surface area contributed by atoms with Crippen molar-refractivity contribution in [1.29, 1.82) is 0 Å². The largest absolute Gasteiger partial charge is 0.378 e. The number of piperidine rings is 1. The zero-order valence-corrected chi connectivity index (χ0v) is 17.9. The summed E-state index contributed by atoms with van der Waals surface area (Å²) in [7, 11) is 0. The molecule has 2 aromatic carbocycles. The van der Waals surface area contributed by atoms with Crippen molar-refractivity contribution in [1.82, 2.24) is 10.2 Å². The van der Waals surface area contributed by atoms with Crippen molar-refractivity contribution >= 4 is 5.96 Å². The molecule has 1 heterocycles. The average molecular weight is 394 g/mol. The summed E-state index contributed by atoms with van der Waals surface area (Å²) in [4.78, 5) is 7.38. The van der Waals surface area contributed by atoms with Crippen LogP contribution in [0, 0.1) is 0 Å². The molecule has 0 saturated carbocycles. The minimum absolute atomic E-state index is 0.368. The van der Waals surface area contributed by atoms with Gasteiger partial charge in [0.1, 0.15) is 0 Å². The SMILES string of the molecule is CCNC(=NCCC(c1ccccc1)c1ccccc1)N1CCC(OCC)CC1. The lowest BCUT2D eigenvalue weighted by atomic mass is 9.89. The van der Waals surface area contributed by atoms with E-state index in [2.05, 4.69) is 84.7 Å². The number of hydrogen-bond acceptors (Lipinski definition) is 2. The first-order valence-electron chi connectivity index (χ1n) is 11.1. The van der Waals surface area contributed by atoms with Gasteiger partial charge in [-0.1, -0.05) is 60.7 Å². The first-order valence-corrected chi connectivity index (χ1v) is 11.1. The molecule has 0 spiro atoms. The van der Waals surface area contributed by atoms with E-state index >= 15 is 0 Å². The molecule has 1 aliphatic rings. The Kier molecular flexibility index (Phi) is 8.57. The van der Waals surface area contributed by atoms with E-state index in [0.29, 0.717) is 12.0 Å². The van der Waals surface area contributed by atoms with Gasteiger partial charge in [0.05, 0.1) is 6.10 Å². The predicted molar refractivity (Wildman–Crippen MR) is 122 cm³/mol. The molecule has 1 saturated heterocycles. The van der Waals surface area contributed by atoms with Gasteiger partial charge in [-0.05, 0) is 44.2 Å². The standard InChI is InChI=1S/C25H35N3O/c1-3-26-25(28-19-16-23(17-20-28)29-4-2)27-18-15-24(21-11-7-5-8-12-21)22-13-9-6-10-14-22/h5-14,23-24H,3-4,15-20H2,1-2H3,(H,26,27). The number of aliphatic imine (C=N–C) groups is 1. The molecule has 0 aromatic heterocycles. The van der Waals surface area contributed by atoms with Gasteiger partial charge in [0.2, 0.25) is 0 Å². The van der Waals surface area contributed by atoms with Gasteiger partial charge in [-0.3, -0.25) is 4.99 Å². The first-order chi connectivity index (χ1) is 14.3. The Morgan fingerprint density at radius 2 is 1.59 bits per heavy atom. The number of likely N-dealkylation sites (tertiary alicyclic amines) is 1. The number of nitrogens with zero attached hydrogens (tertiary/aromatic N) is 2. The summed E-state index contributed by atoms with van der Waals surface area (Å²) in [6.45, 7) is 8.74. The van der Waals surface area contributed by atoms with Crippen molar-refractivity contribution in [3.63, 3.8) is 0 Å². The van der Waals surface area contributed by atoms with E-state index in [0.717, 1.165) is 58.0 Å². The van der Waals surface area contributed by atoms with E-state index in [4.69, 9.17) is 9.73 Å². The van der Waals surface area contributed by atoms with Crippen LogP contribution in [0.3, 0.4) is 0 Å². The van der Waals surface area contributed by atoms with Crippen molar-refractivity contribution in [3.05, 3.63) is 71.8 Å². The van der Waals surface area contributed by atoms with Gasteiger partial charge in [0, 0.05) is 38.7 Å². The van der Waals surface area contributed by atoms with Gasteiger partial charge in [0.15, 0.2) is 5.96 Å². The lowest BCUT2D eigenvalue weighted by Gasteiger charge is -2.34. The number of hydrogen-bond donors (Lipinski definition) is 1. The van der Waals surface area contributed by atoms with E-state index in [9.17, 15) is 0 Å². The van der Waals surface area contributed by atoms with E-state index < -0.39 is 0 Å². The summed E-state index contributed by atoms with van der Waals surface area (Å²) in [6.07, 6.45) is 3.56. The third-order valence-electron chi connectivity index (χ3n) is 5.56. The topological polar surface area (TPSA) is 36.9 Å². The molecule has 0 radical (unpaired) electrons. The molecule has 1 fully saturated rings. The van der Waals surface area contributed by atoms with Crippen molar-refractivity contribution in [3.8, 4) is 0 Å². The lowest BCUT2D eigenvalue weighted by molar-refractivity contribution is 0.0264. The molecule has 1 N–H and O–H groups in total. The summed E-state index contributed by atoms with van der Waals surface area (Å²) >= 11 is 0. The maximum atomic E-state index is 5.79. The van der Waals surface area contributed by atoms with Gasteiger partial charge in [0.25, 0.3) is 0 Å². The second kappa shape index (κ2) is 11.6. The van der Waals surface area contributed by atoms with E-state index in [-0.39, 0.29) is 0 Å². The van der Waals surface area contributed by atoms with Gasteiger partial charge in [-0.25, -0.2) is 0 Å². The number of benzene rings is 2. The molecule has 4 heteroatoms. The highest BCUT2D eigenvalue weighted by molar-refractivity contribution is 5.80. The van der Waals surface area contributed by atoms with Crippen LogP contribution >= 0.6 is 0 Å². The van der Waals surface area contributed by atoms with Crippen molar-refractivity contribution in [2.24, 2.45) is 4.99 Å². The van der Waals surface area contributed by atoms with E-state index in [1.54, 1.807) is 0 Å². The smallest absolute Gasteiger partial charge is 0.193 e. The Bertz CT molecular complexity index is 685. The number of guanidine groups is 1. The van der Waals surface area contributed by atoms with Crippen molar-refractivity contribution in [2.45, 2.75) is 45.1 Å². The molecule has 0 aliphatic carbocycles. The highest BCUT2D eigenvalue weighted by Crippen LogP contribution is 2.27. The molecule has 1 aliphatic heterocycles. The molecule has 3 rings (SSSR count). The third-order valence-corrected chi connectivity index (χ3v) is 5.56. The first kappa shape index (κ1) is 21.4. The Hall–Kier alpha value is -2.33. The molecule has 0 amide bonds. The van der Waals surface area contributed by atoms with Crippen LogP contribution in [-0.2, 0) is 4.74 Å². The van der Waals surface area contributed by atoms with Gasteiger partial charge in [-0.15, -0.1) is 0 Å². The molecule has 4 nitrogen and oxygen atoms in total. The fraction of sp³-hybridized carbons (Fsp3) is 0.480. The molecule has 156 valence electrons. The zero-order valence-electron chi connectivity index (χ0n) is 17.9. The Morgan fingerprint density at radius 1 is 1.00 bits per heavy atom. The Morgan fingerprint density at radius 3 is 2.10 bits per heavy atom. The minimum atomic E-state index is 0.368. The average Bonchev–Trinajstić information content (AvgIpc) is 2.78. The molecule has 0 unspecified atom stereocenters. The van der Waals surface area contributed by atoms with Gasteiger partial charge < -0.3 is 15.0 Å². The maximum absolute atomic E-state index is 5.79. The second-order valence-corrected chi connectivity index (χ2v) is 7.54. The molecule has 0 bridgehead atoms. The number of rotatable bonds is 8. The van der Waals surface area contributed by atoms with Crippen molar-refractivity contribution < 1.29 is 4.74 Å². The highest BCUT2D eigenvalue weighted by atomic mass is 16.5. The van der Waals surface area contributed by atoms with E-state index in [1.807, 2.05) is 0 Å². The Balaban J connectivity index is 1.66. The second-order valence-electron chi connectivity index (χ2n) is 7.54. The molecule has 0 atom stereocenters. The van der Waals surface area contributed by atoms with Crippen LogP contribution in [0.1, 0.15) is 50.2 Å². The fourth-order valence-electron chi connectivity index (χ4n) is 4.09. The molecule has 2 aromatic rings. The number of nitrogens with one attached hydrogen (secondary N) is 1. The predicted octanol–water partition coefficient (Wildman–Crippen LogP) is 4.68. The van der Waals surface area contributed by atoms with Crippen LogP contribution in [0.4, 0.5) is 0 Å². The Labute approximate surface area is 176 Å². The zero-order chi connectivity index (χ0) is 20.3. The van der Waals surface area contributed by atoms with Crippen molar-refractivity contribution in [2.75, 3.05) is 32.8 Å².